The van der Waals surface area contributed by atoms with Crippen LogP contribution in [0.4, 0.5) is 0 Å². The highest BCUT2D eigenvalue weighted by atomic mass is 35.5. The van der Waals surface area contributed by atoms with Crippen molar-refractivity contribution in [3.63, 3.8) is 0 Å². The van der Waals surface area contributed by atoms with E-state index in [0.29, 0.717) is 0 Å². The molecule has 1 aromatic heterocycles. The molecular formula is C21H24ClNO2S. The Hall–Kier alpha value is -1.78. The molecule has 0 spiro atoms. The van der Waals surface area contributed by atoms with Gasteiger partial charge in [0.05, 0.1) is 16.5 Å². The highest BCUT2D eigenvalue weighted by Crippen LogP contribution is 2.41. The number of carbonyl (C=O) groups is 1. The van der Waals surface area contributed by atoms with E-state index in [1.54, 1.807) is 0 Å². The first kappa shape index (κ1) is 19.0. The summed E-state index contributed by atoms with van der Waals surface area (Å²) in [6.07, 6.45) is 2.90. The smallest absolute Gasteiger partial charge is 0.247 e. The molecule has 3 nitrogen and oxygen atoms in total. The van der Waals surface area contributed by atoms with Crippen molar-refractivity contribution in [2.75, 3.05) is 6.61 Å². The van der Waals surface area contributed by atoms with E-state index < -0.39 is 5.54 Å². The summed E-state index contributed by atoms with van der Waals surface area (Å²) < 4.78 is 6.48. The molecule has 1 aliphatic heterocycles. The predicted molar refractivity (Wildman–Crippen MR) is 109 cm³/mol. The van der Waals surface area contributed by atoms with Gasteiger partial charge in [-0.25, -0.2) is 0 Å². The third kappa shape index (κ3) is 3.97. The molecule has 0 saturated carbocycles. The Balaban J connectivity index is 1.84. The first-order valence-electron chi connectivity index (χ1n) is 8.94. The molecule has 1 atom stereocenters. The fourth-order valence-electron chi connectivity index (χ4n) is 3.19. The lowest BCUT2D eigenvalue weighted by Crippen LogP contribution is -2.47. The number of nitrogens with one attached hydrogen (secondary N) is 1. The summed E-state index contributed by atoms with van der Waals surface area (Å²) in [6, 6.07) is 11.9. The lowest BCUT2D eigenvalue weighted by atomic mass is 9.80. The van der Waals surface area contributed by atoms with E-state index >= 15 is 0 Å². The third-order valence-corrected chi connectivity index (χ3v) is 6.13. The number of halogens is 1. The van der Waals surface area contributed by atoms with E-state index in [1.807, 2.05) is 43.3 Å². The Morgan fingerprint density at radius 2 is 1.96 bits per heavy atom. The number of benzene rings is 1. The van der Waals surface area contributed by atoms with Gasteiger partial charge in [-0.05, 0) is 55.7 Å². The Labute approximate surface area is 164 Å². The van der Waals surface area contributed by atoms with Crippen molar-refractivity contribution < 1.29 is 9.53 Å². The van der Waals surface area contributed by atoms with E-state index in [9.17, 15) is 4.79 Å². The quantitative estimate of drug-likeness (QED) is 0.635. The summed E-state index contributed by atoms with van der Waals surface area (Å²) >= 11 is 7.62. The van der Waals surface area contributed by atoms with Gasteiger partial charge in [0.2, 0.25) is 5.91 Å². The number of carbonyl (C=O) groups excluding carboxylic acids is 1. The Kier molecular flexibility index (Phi) is 5.73. The highest BCUT2D eigenvalue weighted by Gasteiger charge is 2.36. The van der Waals surface area contributed by atoms with Gasteiger partial charge in [0.1, 0.15) is 5.75 Å². The second-order valence-corrected chi connectivity index (χ2v) is 8.61. The second-order valence-electron chi connectivity index (χ2n) is 6.90. The van der Waals surface area contributed by atoms with Crippen molar-refractivity contribution in [3.8, 4) is 5.75 Å². The predicted octanol–water partition coefficient (Wildman–Crippen LogP) is 5.79. The van der Waals surface area contributed by atoms with Gasteiger partial charge < -0.3 is 10.1 Å². The maximum Gasteiger partial charge on any atom is 0.247 e. The van der Waals surface area contributed by atoms with Crippen LogP contribution in [0.15, 0.2) is 42.0 Å². The molecule has 26 heavy (non-hydrogen) atoms. The molecule has 1 N–H and O–H groups in total. The SMILES string of the molecule is CCCCOc1ccc([C@]2(C)CC(c3ccc(Cl)s3)=C(C)C(=O)N2)cc1. The number of rotatable bonds is 6. The first-order valence-corrected chi connectivity index (χ1v) is 10.1. The van der Waals surface area contributed by atoms with Crippen molar-refractivity contribution in [2.45, 2.75) is 45.6 Å². The topological polar surface area (TPSA) is 38.3 Å². The van der Waals surface area contributed by atoms with Crippen molar-refractivity contribution in [1.29, 1.82) is 0 Å². The Morgan fingerprint density at radius 1 is 1.23 bits per heavy atom. The monoisotopic (exact) mass is 389 g/mol. The highest BCUT2D eigenvalue weighted by molar-refractivity contribution is 7.17. The normalized spacial score (nSPS) is 20.2. The summed E-state index contributed by atoms with van der Waals surface area (Å²) in [4.78, 5) is 13.7. The van der Waals surface area contributed by atoms with Crippen LogP contribution in [0.2, 0.25) is 4.34 Å². The zero-order valence-electron chi connectivity index (χ0n) is 15.4. The summed E-state index contributed by atoms with van der Waals surface area (Å²) in [5, 5.41) is 3.17. The number of hydrogen-bond acceptors (Lipinski definition) is 3. The fourth-order valence-corrected chi connectivity index (χ4v) is 4.33. The lowest BCUT2D eigenvalue weighted by molar-refractivity contribution is -0.119. The molecule has 2 aromatic rings. The molecule has 0 unspecified atom stereocenters. The van der Waals surface area contributed by atoms with Gasteiger partial charge in [-0.2, -0.15) is 0 Å². The lowest BCUT2D eigenvalue weighted by Gasteiger charge is -2.37. The minimum Gasteiger partial charge on any atom is -0.494 e. The van der Waals surface area contributed by atoms with Gasteiger partial charge in [-0.1, -0.05) is 37.1 Å². The number of thiophene rings is 1. The molecule has 1 aliphatic rings. The molecule has 0 fully saturated rings. The molecule has 2 heterocycles. The second kappa shape index (κ2) is 7.85. The number of unbranched alkanes of at least 4 members (excludes halogenated alkanes) is 1. The van der Waals surface area contributed by atoms with Crippen LogP contribution in [0.5, 0.6) is 5.75 Å². The average molecular weight is 390 g/mol. The molecular weight excluding hydrogens is 366 g/mol. The van der Waals surface area contributed by atoms with Crippen LogP contribution < -0.4 is 10.1 Å². The fraction of sp³-hybridized carbons (Fsp3) is 0.381. The summed E-state index contributed by atoms with van der Waals surface area (Å²) in [7, 11) is 0. The van der Waals surface area contributed by atoms with Crippen LogP contribution in [0.1, 0.15) is 50.5 Å². The van der Waals surface area contributed by atoms with Gasteiger partial charge in [0.25, 0.3) is 0 Å². The minimum atomic E-state index is -0.454. The molecule has 1 amide bonds. The summed E-state index contributed by atoms with van der Waals surface area (Å²) in [5.41, 5.74) is 2.45. The van der Waals surface area contributed by atoms with E-state index in [4.69, 9.17) is 16.3 Å². The van der Waals surface area contributed by atoms with Crippen molar-refractivity contribution in [3.05, 3.63) is 56.7 Å². The number of ether oxygens (including phenoxy) is 1. The zero-order valence-corrected chi connectivity index (χ0v) is 17.0. The van der Waals surface area contributed by atoms with Gasteiger partial charge in [0.15, 0.2) is 0 Å². The van der Waals surface area contributed by atoms with Gasteiger partial charge >= 0.3 is 0 Å². The van der Waals surface area contributed by atoms with Crippen LogP contribution in [-0.2, 0) is 10.3 Å². The molecule has 0 radical (unpaired) electrons. The number of hydrogen-bond donors (Lipinski definition) is 1. The minimum absolute atomic E-state index is 0.0263. The van der Waals surface area contributed by atoms with Crippen LogP contribution >= 0.6 is 22.9 Å². The van der Waals surface area contributed by atoms with E-state index in [1.165, 1.54) is 11.3 Å². The Morgan fingerprint density at radius 3 is 2.58 bits per heavy atom. The van der Waals surface area contributed by atoms with E-state index in [-0.39, 0.29) is 5.91 Å². The van der Waals surface area contributed by atoms with Gasteiger partial charge in [-0.3, -0.25) is 4.79 Å². The average Bonchev–Trinajstić information content (AvgIpc) is 3.05. The maximum atomic E-state index is 12.6. The number of amides is 1. The van der Waals surface area contributed by atoms with Crippen LogP contribution in [0, 0.1) is 0 Å². The maximum absolute atomic E-state index is 12.6. The molecule has 0 aliphatic carbocycles. The van der Waals surface area contributed by atoms with E-state index in [0.717, 1.165) is 57.5 Å². The van der Waals surface area contributed by atoms with E-state index in [2.05, 4.69) is 19.2 Å². The molecule has 0 bridgehead atoms. The molecule has 138 valence electrons. The van der Waals surface area contributed by atoms with Crippen molar-refractivity contribution >= 4 is 34.4 Å². The van der Waals surface area contributed by atoms with Crippen LogP contribution in [0.25, 0.3) is 5.57 Å². The first-order chi connectivity index (χ1) is 12.4. The van der Waals surface area contributed by atoms with Crippen LogP contribution in [-0.4, -0.2) is 12.5 Å². The zero-order chi connectivity index (χ0) is 18.7. The largest absolute Gasteiger partial charge is 0.494 e. The summed E-state index contributed by atoms with van der Waals surface area (Å²) in [5.74, 6) is 0.839. The Bertz CT molecular complexity index is 825. The molecule has 1 aromatic carbocycles. The van der Waals surface area contributed by atoms with Crippen molar-refractivity contribution in [1.82, 2.24) is 5.32 Å². The van der Waals surface area contributed by atoms with Crippen molar-refractivity contribution in [2.24, 2.45) is 0 Å². The molecule has 5 heteroatoms. The standard InChI is InChI=1S/C21H24ClNO2S/c1-4-5-12-25-16-8-6-15(7-9-16)21(3)13-17(14(2)20(24)23-21)18-10-11-19(22)26-18/h6-11H,4-5,12-13H2,1-3H3,(H,23,24)/t21-/m0/s1. The van der Waals surface area contributed by atoms with Crippen LogP contribution in [0.3, 0.4) is 0 Å². The molecule has 0 saturated heterocycles. The summed E-state index contributed by atoms with van der Waals surface area (Å²) in [6.45, 7) is 6.82. The van der Waals surface area contributed by atoms with Gasteiger partial charge in [0, 0.05) is 16.9 Å². The molecule has 3 rings (SSSR count). The van der Waals surface area contributed by atoms with Gasteiger partial charge in [-0.15, -0.1) is 11.3 Å². The third-order valence-electron chi connectivity index (χ3n) is 4.84.